The van der Waals surface area contributed by atoms with Gasteiger partial charge in [0.05, 0.1) is 11.5 Å². The largest absolute Gasteiger partial charge is 0.364 e. The van der Waals surface area contributed by atoms with Gasteiger partial charge in [0.2, 0.25) is 11.6 Å². The van der Waals surface area contributed by atoms with E-state index in [0.717, 1.165) is 6.42 Å². The molecule has 0 radical (unpaired) electrons. The van der Waals surface area contributed by atoms with Gasteiger partial charge in [0.15, 0.2) is 0 Å². The van der Waals surface area contributed by atoms with Crippen molar-refractivity contribution in [2.24, 2.45) is 0 Å². The number of aryl methyl sites for hydroxylation is 1. The number of rotatable bonds is 7. The molecule has 0 aliphatic carbocycles. The van der Waals surface area contributed by atoms with Gasteiger partial charge in [-0.3, -0.25) is 10.1 Å². The van der Waals surface area contributed by atoms with Gasteiger partial charge in [0, 0.05) is 12.6 Å². The lowest BCUT2D eigenvalue weighted by Crippen LogP contribution is -2.10. The highest BCUT2D eigenvalue weighted by molar-refractivity contribution is 5.69. The number of hydrogen-bond donors (Lipinski definition) is 2. The van der Waals surface area contributed by atoms with E-state index in [0.29, 0.717) is 18.0 Å². The van der Waals surface area contributed by atoms with Crippen LogP contribution in [0.2, 0.25) is 0 Å². The molecule has 2 N–H and O–H groups in total. The third kappa shape index (κ3) is 3.65. The monoisotopic (exact) mass is 292 g/mol. The zero-order valence-electron chi connectivity index (χ0n) is 11.8. The van der Waals surface area contributed by atoms with Crippen LogP contribution in [0.15, 0.2) is 16.9 Å². The zero-order chi connectivity index (χ0) is 15.2. The van der Waals surface area contributed by atoms with Gasteiger partial charge in [-0.1, -0.05) is 12.1 Å². The minimum absolute atomic E-state index is 0.147. The van der Waals surface area contributed by atoms with Gasteiger partial charge in [-0.25, -0.2) is 9.97 Å². The smallest absolute Gasteiger partial charge is 0.353 e. The second-order valence-electron chi connectivity index (χ2n) is 4.39. The first-order chi connectivity index (χ1) is 10.1. The maximum Gasteiger partial charge on any atom is 0.353 e. The number of nitro groups is 1. The van der Waals surface area contributed by atoms with Gasteiger partial charge in [-0.15, -0.1) is 0 Å². The van der Waals surface area contributed by atoms with Gasteiger partial charge in [-0.2, -0.15) is 0 Å². The van der Waals surface area contributed by atoms with E-state index in [2.05, 4.69) is 25.8 Å². The van der Waals surface area contributed by atoms with Gasteiger partial charge < -0.3 is 15.2 Å². The Hall–Kier alpha value is -2.71. The average molecular weight is 292 g/mol. The first-order valence-corrected chi connectivity index (χ1v) is 6.51. The van der Waals surface area contributed by atoms with Crippen LogP contribution in [0.5, 0.6) is 0 Å². The van der Waals surface area contributed by atoms with Gasteiger partial charge in [-0.05, 0) is 13.3 Å². The summed E-state index contributed by atoms with van der Waals surface area (Å²) in [5.74, 6) is 1.03. The summed E-state index contributed by atoms with van der Waals surface area (Å²) in [7, 11) is 0. The maximum absolute atomic E-state index is 11.2. The molecule has 21 heavy (non-hydrogen) atoms. The molecule has 9 nitrogen and oxygen atoms in total. The van der Waals surface area contributed by atoms with Crippen LogP contribution in [0.3, 0.4) is 0 Å². The van der Waals surface area contributed by atoms with Crippen LogP contribution in [0.4, 0.5) is 17.3 Å². The number of aromatic nitrogens is 3. The van der Waals surface area contributed by atoms with Crippen LogP contribution in [0, 0.1) is 17.0 Å². The van der Waals surface area contributed by atoms with Gasteiger partial charge >= 0.3 is 5.69 Å². The van der Waals surface area contributed by atoms with Crippen molar-refractivity contribution in [1.29, 1.82) is 0 Å². The fraction of sp³-hybridized carbons (Fsp3) is 0.417. The molecule has 0 spiro atoms. The molecular formula is C12H16N6O3. The van der Waals surface area contributed by atoms with Gasteiger partial charge in [0.25, 0.3) is 0 Å². The topological polar surface area (TPSA) is 119 Å². The van der Waals surface area contributed by atoms with E-state index in [1.165, 1.54) is 6.33 Å². The Balaban J connectivity index is 2.19. The summed E-state index contributed by atoms with van der Waals surface area (Å²) in [4.78, 5) is 18.6. The van der Waals surface area contributed by atoms with Crippen LogP contribution in [-0.4, -0.2) is 26.6 Å². The molecule has 0 saturated carbocycles. The molecule has 0 fully saturated rings. The Labute approximate surface area is 120 Å². The highest BCUT2D eigenvalue weighted by Crippen LogP contribution is 2.29. The lowest BCUT2D eigenvalue weighted by Gasteiger charge is -2.08. The number of nitrogens with one attached hydrogen (secondary N) is 2. The molecular weight excluding hydrogens is 276 g/mol. The van der Waals surface area contributed by atoms with E-state index < -0.39 is 4.92 Å². The van der Waals surface area contributed by atoms with E-state index in [1.807, 2.05) is 6.92 Å². The lowest BCUT2D eigenvalue weighted by atomic mass is 10.3. The predicted molar refractivity (Wildman–Crippen MR) is 76.0 cm³/mol. The molecule has 0 bridgehead atoms. The summed E-state index contributed by atoms with van der Waals surface area (Å²) < 4.78 is 4.94. The Morgan fingerprint density at radius 3 is 2.62 bits per heavy atom. The Morgan fingerprint density at radius 1 is 1.33 bits per heavy atom. The SMILES string of the molecule is CCCNc1ncnc(NCc2cc(C)on2)c1[N+](=O)[O-]. The molecule has 0 aliphatic heterocycles. The van der Waals surface area contributed by atoms with Crippen molar-refractivity contribution in [3.8, 4) is 0 Å². The van der Waals surface area contributed by atoms with Crippen LogP contribution < -0.4 is 10.6 Å². The van der Waals surface area contributed by atoms with Crippen molar-refractivity contribution in [1.82, 2.24) is 15.1 Å². The summed E-state index contributed by atoms with van der Waals surface area (Å²) in [6, 6.07) is 1.75. The van der Waals surface area contributed by atoms with Crippen molar-refractivity contribution >= 4 is 17.3 Å². The molecule has 0 amide bonds. The molecule has 2 heterocycles. The van der Waals surface area contributed by atoms with E-state index >= 15 is 0 Å². The lowest BCUT2D eigenvalue weighted by molar-refractivity contribution is -0.383. The van der Waals surface area contributed by atoms with Gasteiger partial charge in [0.1, 0.15) is 17.8 Å². The summed E-state index contributed by atoms with van der Waals surface area (Å²) in [5.41, 5.74) is 0.467. The normalized spacial score (nSPS) is 10.4. The molecule has 2 rings (SSSR count). The van der Waals surface area contributed by atoms with Crippen LogP contribution in [0.1, 0.15) is 24.8 Å². The fourth-order valence-corrected chi connectivity index (χ4v) is 1.73. The molecule has 2 aromatic heterocycles. The van der Waals surface area contributed by atoms with E-state index in [1.54, 1.807) is 13.0 Å². The summed E-state index contributed by atoms with van der Waals surface area (Å²) in [5, 5.41) is 20.8. The minimum atomic E-state index is -0.506. The number of anilines is 2. The first kappa shape index (κ1) is 14.7. The molecule has 9 heteroatoms. The summed E-state index contributed by atoms with van der Waals surface area (Å²) >= 11 is 0. The van der Waals surface area contributed by atoms with Crippen molar-refractivity contribution in [3.63, 3.8) is 0 Å². The minimum Gasteiger partial charge on any atom is -0.364 e. The highest BCUT2D eigenvalue weighted by Gasteiger charge is 2.22. The number of hydrogen-bond acceptors (Lipinski definition) is 8. The van der Waals surface area contributed by atoms with Crippen LogP contribution in [0.25, 0.3) is 0 Å². The second kappa shape index (κ2) is 6.64. The summed E-state index contributed by atoms with van der Waals surface area (Å²) in [6.07, 6.45) is 2.11. The third-order valence-corrected chi connectivity index (χ3v) is 2.66. The molecule has 0 saturated heterocycles. The highest BCUT2D eigenvalue weighted by atomic mass is 16.6. The maximum atomic E-state index is 11.2. The van der Waals surface area contributed by atoms with E-state index in [-0.39, 0.29) is 23.9 Å². The van der Waals surface area contributed by atoms with Crippen molar-refractivity contribution < 1.29 is 9.45 Å². The second-order valence-corrected chi connectivity index (χ2v) is 4.39. The predicted octanol–water partition coefficient (Wildman–Crippen LogP) is 2.12. The zero-order valence-corrected chi connectivity index (χ0v) is 11.8. The first-order valence-electron chi connectivity index (χ1n) is 6.51. The third-order valence-electron chi connectivity index (χ3n) is 2.66. The van der Waals surface area contributed by atoms with Crippen LogP contribution in [-0.2, 0) is 6.54 Å². The van der Waals surface area contributed by atoms with E-state index in [9.17, 15) is 10.1 Å². The molecule has 112 valence electrons. The number of nitrogens with zero attached hydrogens (tertiary/aromatic N) is 4. The Bertz CT molecular complexity index is 627. The molecule has 0 aliphatic rings. The quantitative estimate of drug-likeness (QED) is 0.588. The van der Waals surface area contributed by atoms with Crippen LogP contribution >= 0.6 is 0 Å². The molecule has 0 unspecified atom stereocenters. The Morgan fingerprint density at radius 2 is 2.05 bits per heavy atom. The average Bonchev–Trinajstić information content (AvgIpc) is 2.88. The van der Waals surface area contributed by atoms with Crippen molar-refractivity contribution in [2.75, 3.05) is 17.2 Å². The standard InChI is InChI=1S/C12H16N6O3/c1-3-4-13-11-10(18(19)20)12(16-7-15-11)14-6-9-5-8(2)21-17-9/h5,7H,3-4,6H2,1-2H3,(H2,13,14,15,16). The molecule has 2 aromatic rings. The fourth-order valence-electron chi connectivity index (χ4n) is 1.73. The van der Waals surface area contributed by atoms with E-state index in [4.69, 9.17) is 4.52 Å². The molecule has 0 aromatic carbocycles. The molecule has 0 atom stereocenters. The van der Waals surface area contributed by atoms with Crippen molar-refractivity contribution in [3.05, 3.63) is 34.0 Å². The van der Waals surface area contributed by atoms with Crippen molar-refractivity contribution in [2.45, 2.75) is 26.8 Å². The Kier molecular flexibility index (Phi) is 4.64. The summed E-state index contributed by atoms with van der Waals surface area (Å²) in [6.45, 7) is 4.62.